The first-order valence-corrected chi connectivity index (χ1v) is 4.65. The number of carbonyl (C=O) groups is 3. The molecule has 18 heavy (non-hydrogen) atoms. The van der Waals surface area contributed by atoms with E-state index in [0.717, 1.165) is 12.1 Å². The Bertz CT molecular complexity index is 503. The quantitative estimate of drug-likeness (QED) is 0.705. The number of ether oxygens (including phenoxy) is 1. The number of benzene rings is 1. The monoisotopic (exact) mass is 256 g/mol. The lowest BCUT2D eigenvalue weighted by Crippen LogP contribution is -2.38. The molecule has 8 heteroatoms. The molecule has 3 amide bonds. The second-order valence-electron chi connectivity index (χ2n) is 3.15. The molecule has 0 unspecified atom stereocenters. The van der Waals surface area contributed by atoms with Crippen molar-refractivity contribution in [2.24, 2.45) is 5.73 Å². The summed E-state index contributed by atoms with van der Waals surface area (Å²) in [5.74, 6) is -3.25. The van der Waals surface area contributed by atoms with Crippen LogP contribution in [-0.4, -0.2) is 29.6 Å². The average Bonchev–Trinajstić information content (AvgIpc) is 2.25. The molecular weight excluding hydrogens is 247 g/mol. The van der Waals surface area contributed by atoms with Gasteiger partial charge in [0.15, 0.2) is 6.61 Å². The van der Waals surface area contributed by atoms with Gasteiger partial charge in [-0.3, -0.25) is 10.1 Å². The molecule has 0 radical (unpaired) electrons. The molecular formula is C10H9FN2O5. The van der Waals surface area contributed by atoms with E-state index in [0.29, 0.717) is 0 Å². The molecule has 0 saturated heterocycles. The predicted octanol–water partition coefficient (Wildman–Crippen LogP) is 0.0976. The smallest absolute Gasteiger partial charge is 0.338 e. The Labute approximate surface area is 100 Å². The standard InChI is InChI=1S/C10H9FN2O5/c11-7-3-5(1-2-6(7)9(15)16)18-4-8(14)13-10(12)17/h1-3H,4H2,(H,15,16)(H3,12,13,14,17). The molecule has 0 saturated carbocycles. The summed E-state index contributed by atoms with van der Waals surface area (Å²) >= 11 is 0. The number of nitrogens with two attached hydrogens (primary N) is 1. The third-order valence-electron chi connectivity index (χ3n) is 1.80. The molecule has 0 atom stereocenters. The first kappa shape index (κ1) is 13.4. The molecule has 0 aliphatic rings. The highest BCUT2D eigenvalue weighted by molar-refractivity contribution is 5.94. The summed E-state index contributed by atoms with van der Waals surface area (Å²) in [5, 5.41) is 10.3. The number of primary amides is 1. The Morgan fingerprint density at radius 3 is 2.56 bits per heavy atom. The normalized spacial score (nSPS) is 9.61. The van der Waals surface area contributed by atoms with Crippen LogP contribution in [0.5, 0.6) is 5.75 Å². The van der Waals surface area contributed by atoms with Gasteiger partial charge in [0, 0.05) is 6.07 Å². The topological polar surface area (TPSA) is 119 Å². The van der Waals surface area contributed by atoms with Gasteiger partial charge in [-0.05, 0) is 12.1 Å². The summed E-state index contributed by atoms with van der Waals surface area (Å²) in [6, 6.07) is 1.97. The summed E-state index contributed by atoms with van der Waals surface area (Å²) in [5.41, 5.74) is 4.18. The first-order valence-electron chi connectivity index (χ1n) is 4.65. The molecule has 0 heterocycles. The summed E-state index contributed by atoms with van der Waals surface area (Å²) in [6.07, 6.45) is 0. The molecule has 0 aliphatic carbocycles. The third-order valence-corrected chi connectivity index (χ3v) is 1.80. The largest absolute Gasteiger partial charge is 0.484 e. The lowest BCUT2D eigenvalue weighted by atomic mass is 10.2. The molecule has 0 bridgehead atoms. The number of carboxylic acids is 1. The van der Waals surface area contributed by atoms with Crippen LogP contribution in [0.15, 0.2) is 18.2 Å². The molecule has 0 fully saturated rings. The van der Waals surface area contributed by atoms with Gasteiger partial charge in [-0.25, -0.2) is 14.0 Å². The second-order valence-corrected chi connectivity index (χ2v) is 3.15. The van der Waals surface area contributed by atoms with E-state index >= 15 is 0 Å². The van der Waals surface area contributed by atoms with Crippen molar-refractivity contribution in [1.29, 1.82) is 0 Å². The van der Waals surface area contributed by atoms with Gasteiger partial charge in [0.05, 0.1) is 5.56 Å². The highest BCUT2D eigenvalue weighted by Gasteiger charge is 2.11. The van der Waals surface area contributed by atoms with Crippen molar-refractivity contribution in [3.05, 3.63) is 29.6 Å². The maximum Gasteiger partial charge on any atom is 0.338 e. The number of imide groups is 1. The summed E-state index contributed by atoms with van der Waals surface area (Å²) < 4.78 is 18.0. The highest BCUT2D eigenvalue weighted by atomic mass is 19.1. The van der Waals surface area contributed by atoms with E-state index in [1.54, 1.807) is 5.32 Å². The van der Waals surface area contributed by atoms with Crippen molar-refractivity contribution in [3.8, 4) is 5.75 Å². The van der Waals surface area contributed by atoms with Gasteiger partial charge >= 0.3 is 12.0 Å². The molecule has 1 rings (SSSR count). The Hall–Kier alpha value is -2.64. The number of rotatable bonds is 4. The van der Waals surface area contributed by atoms with Crippen molar-refractivity contribution < 1.29 is 28.6 Å². The minimum atomic E-state index is -1.41. The zero-order chi connectivity index (χ0) is 13.7. The Kier molecular flexibility index (Phi) is 4.19. The van der Waals surface area contributed by atoms with Gasteiger partial charge in [-0.15, -0.1) is 0 Å². The fraction of sp³-hybridized carbons (Fsp3) is 0.100. The summed E-state index contributed by atoms with van der Waals surface area (Å²) in [6.45, 7) is -0.547. The van der Waals surface area contributed by atoms with Gasteiger partial charge in [0.1, 0.15) is 11.6 Å². The van der Waals surface area contributed by atoms with Crippen LogP contribution in [0.2, 0.25) is 0 Å². The van der Waals surface area contributed by atoms with Crippen LogP contribution in [0.25, 0.3) is 0 Å². The highest BCUT2D eigenvalue weighted by Crippen LogP contribution is 2.16. The molecule has 1 aromatic rings. The van der Waals surface area contributed by atoms with Crippen LogP contribution in [-0.2, 0) is 4.79 Å². The van der Waals surface area contributed by atoms with Crippen molar-refractivity contribution >= 4 is 17.9 Å². The van der Waals surface area contributed by atoms with Gasteiger partial charge in [-0.2, -0.15) is 0 Å². The zero-order valence-electron chi connectivity index (χ0n) is 8.97. The number of urea groups is 1. The van der Waals surface area contributed by atoms with E-state index < -0.39 is 35.9 Å². The number of hydrogen-bond donors (Lipinski definition) is 3. The Morgan fingerprint density at radius 2 is 2.06 bits per heavy atom. The lowest BCUT2D eigenvalue weighted by molar-refractivity contribution is -0.121. The zero-order valence-corrected chi connectivity index (χ0v) is 8.97. The van der Waals surface area contributed by atoms with Gasteiger partial charge in [0.2, 0.25) is 0 Å². The minimum Gasteiger partial charge on any atom is -0.484 e. The first-order chi connectivity index (χ1) is 8.40. The van der Waals surface area contributed by atoms with Crippen molar-refractivity contribution in [2.45, 2.75) is 0 Å². The van der Waals surface area contributed by atoms with Crippen LogP contribution in [0.3, 0.4) is 0 Å². The Balaban J connectivity index is 2.64. The minimum absolute atomic E-state index is 0.0443. The predicted molar refractivity (Wildman–Crippen MR) is 56.6 cm³/mol. The maximum absolute atomic E-state index is 13.2. The van der Waals surface area contributed by atoms with Crippen LogP contribution >= 0.6 is 0 Å². The second kappa shape index (κ2) is 5.62. The lowest BCUT2D eigenvalue weighted by Gasteiger charge is -2.06. The number of aromatic carboxylic acids is 1. The number of carboxylic acid groups (broad SMARTS) is 1. The molecule has 7 nitrogen and oxygen atoms in total. The Morgan fingerprint density at radius 1 is 1.39 bits per heavy atom. The SMILES string of the molecule is NC(=O)NC(=O)COc1ccc(C(=O)O)c(F)c1. The fourth-order valence-corrected chi connectivity index (χ4v) is 1.08. The maximum atomic E-state index is 13.2. The van der Waals surface area contributed by atoms with E-state index in [1.807, 2.05) is 0 Å². The van der Waals surface area contributed by atoms with Gasteiger partial charge < -0.3 is 15.6 Å². The van der Waals surface area contributed by atoms with Crippen LogP contribution < -0.4 is 15.8 Å². The van der Waals surface area contributed by atoms with Gasteiger partial charge in [0.25, 0.3) is 5.91 Å². The fourth-order valence-electron chi connectivity index (χ4n) is 1.08. The number of amides is 3. The molecule has 0 spiro atoms. The van der Waals surface area contributed by atoms with E-state index in [-0.39, 0.29) is 5.75 Å². The number of hydrogen-bond acceptors (Lipinski definition) is 4. The third kappa shape index (κ3) is 3.74. The molecule has 4 N–H and O–H groups in total. The van der Waals surface area contributed by atoms with E-state index in [9.17, 15) is 18.8 Å². The molecule has 96 valence electrons. The van der Waals surface area contributed by atoms with Crippen molar-refractivity contribution in [2.75, 3.05) is 6.61 Å². The van der Waals surface area contributed by atoms with Crippen LogP contribution in [0, 0.1) is 5.82 Å². The number of carbonyl (C=O) groups excluding carboxylic acids is 2. The molecule has 0 aliphatic heterocycles. The summed E-state index contributed by atoms with van der Waals surface area (Å²) in [7, 11) is 0. The van der Waals surface area contributed by atoms with E-state index in [2.05, 4.69) is 5.73 Å². The molecule has 1 aromatic carbocycles. The number of halogens is 1. The molecule has 0 aromatic heterocycles. The van der Waals surface area contributed by atoms with Crippen LogP contribution in [0.1, 0.15) is 10.4 Å². The number of nitrogens with one attached hydrogen (secondary N) is 1. The average molecular weight is 256 g/mol. The van der Waals surface area contributed by atoms with E-state index in [1.165, 1.54) is 6.07 Å². The van der Waals surface area contributed by atoms with Gasteiger partial charge in [-0.1, -0.05) is 0 Å². The summed E-state index contributed by atoms with van der Waals surface area (Å²) in [4.78, 5) is 31.8. The van der Waals surface area contributed by atoms with Crippen molar-refractivity contribution in [1.82, 2.24) is 5.32 Å². The van der Waals surface area contributed by atoms with Crippen molar-refractivity contribution in [3.63, 3.8) is 0 Å². The van der Waals surface area contributed by atoms with Crippen LogP contribution in [0.4, 0.5) is 9.18 Å². The van der Waals surface area contributed by atoms with E-state index in [4.69, 9.17) is 9.84 Å².